The maximum Gasteiger partial charge on any atom is 0.204 e. The van der Waals surface area contributed by atoms with Gasteiger partial charge in [-0.25, -0.2) is 8.78 Å². The molecule has 1 saturated heterocycles. The van der Waals surface area contributed by atoms with Crippen molar-refractivity contribution in [3.63, 3.8) is 0 Å². The molecule has 1 aromatic heterocycles. The van der Waals surface area contributed by atoms with Gasteiger partial charge >= 0.3 is 0 Å². The molecule has 108 valence electrons. The number of aromatic amines is 1. The van der Waals surface area contributed by atoms with Crippen molar-refractivity contribution in [2.24, 2.45) is 0 Å². The number of aliphatic hydroxyl groups is 2. The Morgan fingerprint density at radius 2 is 2.25 bits per heavy atom. The first-order chi connectivity index (χ1) is 9.35. The highest BCUT2D eigenvalue weighted by Gasteiger charge is 2.56. The topological polar surface area (TPSA) is 70.4 Å². The van der Waals surface area contributed by atoms with Gasteiger partial charge in [0, 0.05) is 6.20 Å². The molecule has 5 nitrogen and oxygen atoms in total. The number of halogens is 2. The van der Waals surface area contributed by atoms with Gasteiger partial charge in [-0.05, 0) is 12.2 Å². The molecule has 20 heavy (non-hydrogen) atoms. The number of rotatable bonds is 2. The fourth-order valence-corrected chi connectivity index (χ4v) is 2.42. The van der Waals surface area contributed by atoms with Crippen molar-refractivity contribution < 1.29 is 23.7 Å². The molecule has 0 aliphatic carbocycles. The summed E-state index contributed by atoms with van der Waals surface area (Å²) in [5, 5.41) is 19.2. The monoisotopic (exact) mass is 320 g/mol. The molecule has 0 bridgehead atoms. The summed E-state index contributed by atoms with van der Waals surface area (Å²) in [5.41, 5.74) is -2.38. The van der Waals surface area contributed by atoms with Gasteiger partial charge in [-0.3, -0.25) is 4.57 Å². The average molecular weight is 320 g/mol. The Hall–Kier alpha value is -1.18. The SMILES string of the molecule is C#C[C@@]1(O)C(F)[C@@H](CO)O[C@H]1n1cc(F)c(=S)[nH]c1=S. The van der Waals surface area contributed by atoms with Crippen LogP contribution in [0.4, 0.5) is 8.78 Å². The van der Waals surface area contributed by atoms with Crippen LogP contribution in [0, 0.1) is 27.6 Å². The van der Waals surface area contributed by atoms with Crippen LogP contribution in [0.2, 0.25) is 0 Å². The number of aliphatic hydroxyl groups excluding tert-OH is 1. The molecule has 4 atom stereocenters. The van der Waals surface area contributed by atoms with Crippen molar-refractivity contribution in [2.75, 3.05) is 6.61 Å². The van der Waals surface area contributed by atoms with Gasteiger partial charge in [0.05, 0.1) is 6.61 Å². The van der Waals surface area contributed by atoms with Crippen molar-refractivity contribution in [1.29, 1.82) is 0 Å². The van der Waals surface area contributed by atoms with E-state index in [1.54, 1.807) is 0 Å². The quantitative estimate of drug-likeness (QED) is 0.560. The molecule has 1 aliphatic heterocycles. The average Bonchev–Trinajstić information content (AvgIpc) is 2.67. The highest BCUT2D eigenvalue weighted by Crippen LogP contribution is 2.39. The third-order valence-electron chi connectivity index (χ3n) is 3.02. The van der Waals surface area contributed by atoms with Crippen LogP contribution in [0.3, 0.4) is 0 Å². The van der Waals surface area contributed by atoms with Crippen LogP contribution in [0.5, 0.6) is 0 Å². The number of nitrogens with one attached hydrogen (secondary N) is 1. The van der Waals surface area contributed by atoms with Crippen LogP contribution in [0.1, 0.15) is 6.23 Å². The number of terminal acetylenes is 1. The van der Waals surface area contributed by atoms with E-state index >= 15 is 0 Å². The van der Waals surface area contributed by atoms with Crippen molar-refractivity contribution in [2.45, 2.75) is 24.1 Å². The number of hydrogen-bond acceptors (Lipinski definition) is 5. The first-order valence-corrected chi connectivity index (χ1v) is 6.28. The Labute approximate surface area is 122 Å². The summed E-state index contributed by atoms with van der Waals surface area (Å²) in [7, 11) is 0. The van der Waals surface area contributed by atoms with E-state index in [1.807, 2.05) is 5.92 Å². The largest absolute Gasteiger partial charge is 0.394 e. The van der Waals surface area contributed by atoms with Crippen LogP contribution in [-0.4, -0.2) is 44.2 Å². The first-order valence-electron chi connectivity index (χ1n) is 5.46. The molecule has 1 fully saturated rings. The van der Waals surface area contributed by atoms with E-state index in [0.717, 1.165) is 10.8 Å². The maximum absolute atomic E-state index is 14.0. The van der Waals surface area contributed by atoms with Crippen LogP contribution >= 0.6 is 24.4 Å². The van der Waals surface area contributed by atoms with E-state index in [9.17, 15) is 13.9 Å². The van der Waals surface area contributed by atoms with Crippen molar-refractivity contribution >= 4 is 24.4 Å². The minimum Gasteiger partial charge on any atom is -0.394 e. The lowest BCUT2D eigenvalue weighted by Crippen LogP contribution is -2.43. The summed E-state index contributed by atoms with van der Waals surface area (Å²) in [4.78, 5) is 2.37. The summed E-state index contributed by atoms with van der Waals surface area (Å²) < 4.78 is 33.3. The predicted octanol–water partition coefficient (Wildman–Crippen LogP) is 1.01. The van der Waals surface area contributed by atoms with Gasteiger partial charge in [0.25, 0.3) is 0 Å². The zero-order valence-corrected chi connectivity index (χ0v) is 11.5. The van der Waals surface area contributed by atoms with Gasteiger partial charge in [-0.15, -0.1) is 6.42 Å². The molecule has 2 heterocycles. The standard InChI is InChI=1S/C11H10F2N2O3S2/c1-2-11(17)7(13)6(4-16)18-9(11)15-3-5(12)8(19)14-10(15)20/h1,3,6-7,9,16-17H,4H2,(H,14,19,20)/t6-,7?,9-,11-/m1/s1. The van der Waals surface area contributed by atoms with Gasteiger partial charge in [0.1, 0.15) is 10.7 Å². The Morgan fingerprint density at radius 3 is 2.80 bits per heavy atom. The van der Waals surface area contributed by atoms with Crippen molar-refractivity contribution in [3.8, 4) is 12.3 Å². The fourth-order valence-electron chi connectivity index (χ4n) is 1.96. The number of aromatic nitrogens is 2. The molecule has 1 aliphatic rings. The fraction of sp³-hybridized carbons (Fsp3) is 0.455. The third-order valence-corrected chi connectivity index (χ3v) is 3.63. The molecule has 0 aromatic carbocycles. The van der Waals surface area contributed by atoms with Gasteiger partial charge in [-0.1, -0.05) is 18.1 Å². The molecule has 3 N–H and O–H groups in total. The number of nitrogens with zero attached hydrogens (tertiary/aromatic N) is 1. The van der Waals surface area contributed by atoms with Gasteiger partial charge < -0.3 is 19.9 Å². The second-order valence-corrected chi connectivity index (χ2v) is 5.02. The second kappa shape index (κ2) is 5.31. The summed E-state index contributed by atoms with van der Waals surface area (Å²) in [6.45, 7) is -0.694. The maximum atomic E-state index is 14.0. The van der Waals surface area contributed by atoms with Crippen LogP contribution in [0.15, 0.2) is 6.20 Å². The third kappa shape index (κ3) is 2.19. The molecule has 1 unspecified atom stereocenters. The van der Waals surface area contributed by atoms with Gasteiger partial charge in [-0.2, -0.15) is 0 Å². The Kier molecular flexibility index (Phi) is 4.04. The second-order valence-electron chi connectivity index (χ2n) is 4.22. The van der Waals surface area contributed by atoms with E-state index in [4.69, 9.17) is 28.5 Å². The summed E-state index contributed by atoms with van der Waals surface area (Å²) in [6.07, 6.45) is 1.15. The van der Waals surface area contributed by atoms with E-state index in [1.165, 1.54) is 0 Å². The Balaban J connectivity index is 2.58. The molecule has 0 saturated carbocycles. The van der Waals surface area contributed by atoms with Crippen LogP contribution in [-0.2, 0) is 4.74 Å². The molecule has 9 heteroatoms. The summed E-state index contributed by atoms with van der Waals surface area (Å²) in [6, 6.07) is 0. The Morgan fingerprint density at radius 1 is 1.60 bits per heavy atom. The van der Waals surface area contributed by atoms with Crippen molar-refractivity contribution in [3.05, 3.63) is 21.4 Å². The van der Waals surface area contributed by atoms with Gasteiger partial charge in [0.2, 0.25) is 5.60 Å². The zero-order valence-electron chi connectivity index (χ0n) is 9.92. The van der Waals surface area contributed by atoms with E-state index in [2.05, 4.69) is 17.2 Å². The lowest BCUT2D eigenvalue weighted by atomic mass is 9.96. The molecular weight excluding hydrogens is 310 g/mol. The minimum absolute atomic E-state index is 0.0964. The zero-order chi connectivity index (χ0) is 15.1. The normalized spacial score (nSPS) is 33.0. The molecule has 1 aromatic rings. The molecule has 0 amide bonds. The van der Waals surface area contributed by atoms with Gasteiger partial charge in [0.15, 0.2) is 23.0 Å². The number of H-pyrrole nitrogens is 1. The number of hydrogen-bond donors (Lipinski definition) is 3. The highest BCUT2D eigenvalue weighted by atomic mass is 32.1. The molecule has 0 radical (unpaired) electrons. The first kappa shape index (κ1) is 15.2. The van der Waals surface area contributed by atoms with E-state index in [0.29, 0.717) is 0 Å². The lowest BCUT2D eigenvalue weighted by molar-refractivity contribution is -0.0743. The lowest BCUT2D eigenvalue weighted by Gasteiger charge is -2.26. The summed E-state index contributed by atoms with van der Waals surface area (Å²) in [5.74, 6) is 1.05. The molecular formula is C11H10F2N2O3S2. The van der Waals surface area contributed by atoms with Crippen molar-refractivity contribution in [1.82, 2.24) is 9.55 Å². The molecule has 2 rings (SSSR count). The highest BCUT2D eigenvalue weighted by molar-refractivity contribution is 7.72. The number of ether oxygens (including phenoxy) is 1. The Bertz CT molecular complexity index is 683. The number of alkyl halides is 1. The van der Waals surface area contributed by atoms with E-state index < -0.39 is 36.5 Å². The molecule has 0 spiro atoms. The smallest absolute Gasteiger partial charge is 0.204 e. The predicted molar refractivity (Wildman–Crippen MR) is 70.1 cm³/mol. The van der Waals surface area contributed by atoms with Crippen LogP contribution < -0.4 is 0 Å². The van der Waals surface area contributed by atoms with Crippen LogP contribution in [0.25, 0.3) is 0 Å². The summed E-state index contributed by atoms with van der Waals surface area (Å²) >= 11 is 9.59. The minimum atomic E-state index is -2.38. The van der Waals surface area contributed by atoms with E-state index in [-0.39, 0.29) is 9.41 Å².